The van der Waals surface area contributed by atoms with Crippen LogP contribution in [0, 0.1) is 0 Å². The highest BCUT2D eigenvalue weighted by atomic mass is 31.1. The van der Waals surface area contributed by atoms with Crippen LogP contribution in [-0.4, -0.2) is 37.0 Å². The summed E-state index contributed by atoms with van der Waals surface area (Å²) in [5.41, 5.74) is 3.20. The van der Waals surface area contributed by atoms with Gasteiger partial charge in [-0.1, -0.05) is 70.6 Å². The maximum atomic E-state index is 10.4. The van der Waals surface area contributed by atoms with Crippen molar-refractivity contribution in [2.75, 3.05) is 27.0 Å². The van der Waals surface area contributed by atoms with E-state index >= 15 is 0 Å². The molecule has 0 aromatic heterocycles. The van der Waals surface area contributed by atoms with Crippen LogP contribution >= 0.6 is 8.15 Å². The monoisotopic (exact) mass is 516 g/mol. The quantitative estimate of drug-likeness (QED) is 0.364. The molecule has 1 atom stereocenters. The lowest BCUT2D eigenvalue weighted by Gasteiger charge is -2.26. The number of methoxy groups -OCH3 is 2. The summed E-state index contributed by atoms with van der Waals surface area (Å²) >= 11 is 0. The van der Waals surface area contributed by atoms with E-state index in [-0.39, 0.29) is 0 Å². The molecule has 5 heteroatoms. The number of benzene rings is 2. The Bertz CT molecular complexity index is 868. The lowest BCUT2D eigenvalue weighted by Crippen LogP contribution is -2.13. The molecule has 4 nitrogen and oxygen atoms in total. The van der Waals surface area contributed by atoms with Gasteiger partial charge >= 0.3 is 0 Å². The number of ether oxygens (including phenoxy) is 2. The van der Waals surface area contributed by atoms with E-state index < -0.39 is 13.7 Å². The smallest absolute Gasteiger partial charge is 0.119 e. The van der Waals surface area contributed by atoms with Gasteiger partial charge in [-0.2, -0.15) is 0 Å². The van der Waals surface area contributed by atoms with Crippen LogP contribution in [0.3, 0.4) is 0 Å². The minimum absolute atomic E-state index is 0.529. The van der Waals surface area contributed by atoms with Crippen molar-refractivity contribution in [3.05, 3.63) is 59.2 Å². The van der Waals surface area contributed by atoms with Crippen molar-refractivity contribution < 1.29 is 19.5 Å². The van der Waals surface area contributed by atoms with Crippen LogP contribution < -0.4 is 9.47 Å². The number of hydrogen-bond donors (Lipinski definition) is 2. The number of aliphatic hydroxyl groups is 1. The summed E-state index contributed by atoms with van der Waals surface area (Å²) in [7, 11) is 2.60. The lowest BCUT2D eigenvalue weighted by atomic mass is 9.80. The molecule has 0 radical (unpaired) electrons. The summed E-state index contributed by atoms with van der Waals surface area (Å²) in [5, 5.41) is 10.4. The van der Waals surface area contributed by atoms with Gasteiger partial charge in [0.25, 0.3) is 0 Å². The fourth-order valence-corrected chi connectivity index (χ4v) is 4.93. The molecule has 2 N–H and O–H groups in total. The van der Waals surface area contributed by atoms with Crippen molar-refractivity contribution in [2.24, 2.45) is 0 Å². The van der Waals surface area contributed by atoms with Crippen LogP contribution in [0.1, 0.15) is 101 Å². The summed E-state index contributed by atoms with van der Waals surface area (Å²) in [6, 6.07) is 14.2. The molecule has 0 saturated heterocycles. The van der Waals surface area contributed by atoms with Gasteiger partial charge in [-0.25, -0.2) is 0 Å². The van der Waals surface area contributed by atoms with Crippen molar-refractivity contribution in [3.63, 3.8) is 0 Å². The van der Waals surface area contributed by atoms with Crippen molar-refractivity contribution in [1.82, 2.24) is 0 Å². The first-order valence-electron chi connectivity index (χ1n) is 13.9. The van der Waals surface area contributed by atoms with Gasteiger partial charge in [0.1, 0.15) is 11.5 Å². The van der Waals surface area contributed by atoms with Crippen molar-refractivity contribution >= 4 is 8.15 Å². The molecule has 1 unspecified atom stereocenters. The van der Waals surface area contributed by atoms with E-state index in [4.69, 9.17) is 9.47 Å². The highest BCUT2D eigenvalue weighted by Crippen LogP contribution is 2.50. The van der Waals surface area contributed by atoms with Gasteiger partial charge in [0.2, 0.25) is 0 Å². The third kappa shape index (κ3) is 10.8. The zero-order chi connectivity index (χ0) is 26.4. The first kappa shape index (κ1) is 30.6. The van der Waals surface area contributed by atoms with E-state index in [9.17, 15) is 10.00 Å². The average Bonchev–Trinajstić information content (AvgIpc) is 3.86. The minimum Gasteiger partial charge on any atom is -0.497 e. The number of hydrogen-bond acceptors (Lipinski definition) is 4. The largest absolute Gasteiger partial charge is 0.497 e. The van der Waals surface area contributed by atoms with Crippen LogP contribution in [0.4, 0.5) is 0 Å². The van der Waals surface area contributed by atoms with Gasteiger partial charge in [-0.15, -0.1) is 0 Å². The van der Waals surface area contributed by atoms with E-state index in [1.54, 1.807) is 14.2 Å². The Hall–Kier alpha value is -1.61. The van der Waals surface area contributed by atoms with Crippen LogP contribution in [-0.2, 0) is 12.0 Å². The van der Waals surface area contributed by atoms with E-state index in [1.165, 1.54) is 62.5 Å². The minimum atomic E-state index is -0.779. The van der Waals surface area contributed by atoms with Gasteiger partial charge in [-0.3, -0.25) is 0 Å². The molecule has 0 spiro atoms. The lowest BCUT2D eigenvalue weighted by molar-refractivity contribution is 0.149. The molecule has 3 fully saturated rings. The molecule has 3 saturated carbocycles. The normalized spacial score (nSPS) is 18.1. The van der Waals surface area contributed by atoms with Crippen LogP contribution in [0.5, 0.6) is 11.5 Å². The third-order valence-electron chi connectivity index (χ3n) is 6.74. The molecule has 2 aromatic rings. The topological polar surface area (TPSA) is 58.9 Å². The maximum Gasteiger partial charge on any atom is 0.119 e. The van der Waals surface area contributed by atoms with Gasteiger partial charge < -0.3 is 19.5 Å². The fourth-order valence-electron chi connectivity index (χ4n) is 4.35. The van der Waals surface area contributed by atoms with Gasteiger partial charge in [0.15, 0.2) is 0 Å². The van der Waals surface area contributed by atoms with Crippen molar-refractivity contribution in [3.8, 4) is 11.5 Å². The number of aryl methyl sites for hydroxylation is 1. The molecular weight excluding hydrogens is 467 g/mol. The average molecular weight is 517 g/mol. The van der Waals surface area contributed by atoms with Gasteiger partial charge in [-0.05, 0) is 91.8 Å². The Labute approximate surface area is 221 Å². The summed E-state index contributed by atoms with van der Waals surface area (Å²) < 4.78 is 10.5. The van der Waals surface area contributed by atoms with Crippen LogP contribution in [0.15, 0.2) is 42.5 Å². The molecule has 3 aliphatic rings. The third-order valence-corrected chi connectivity index (χ3v) is 7.61. The Morgan fingerprint density at radius 3 is 1.97 bits per heavy atom. The predicted octanol–water partition coefficient (Wildman–Crippen LogP) is 8.18. The maximum absolute atomic E-state index is 10.4. The second-order valence-corrected chi connectivity index (χ2v) is 11.6. The summed E-state index contributed by atoms with van der Waals surface area (Å²) in [6.45, 7) is 5.87. The highest BCUT2D eigenvalue weighted by molar-refractivity contribution is 7.50. The molecule has 0 heterocycles. The zero-order valence-electron chi connectivity index (χ0n) is 23.3. The standard InChI is InChI=1S/C16H22O2.C10H15O2P.C3H6.C2H6/c1-18-13-7-8-15(16(17)9-10-16)14(11-13)12-5-3-2-4-6-12;1-12-10-5-3-4-9(8-10)6-7-13(2)11;1-2-3-1;1-2/h7-8,11-12,17H,2-6,9-10H2,1H3;3-5,8,11H,6-7H2,1-2H3;1-3H2;1-2H3. The summed E-state index contributed by atoms with van der Waals surface area (Å²) in [5.74, 6) is 2.42. The Morgan fingerprint density at radius 1 is 0.861 bits per heavy atom. The Balaban J connectivity index is 0.000000222. The molecule has 3 aliphatic carbocycles. The second-order valence-electron chi connectivity index (χ2n) is 9.86. The highest BCUT2D eigenvalue weighted by Gasteiger charge is 2.44. The molecule has 0 amide bonds. The van der Waals surface area contributed by atoms with E-state index in [0.29, 0.717) is 5.92 Å². The van der Waals surface area contributed by atoms with Crippen molar-refractivity contribution in [1.29, 1.82) is 0 Å². The van der Waals surface area contributed by atoms with E-state index in [1.807, 2.05) is 44.8 Å². The Kier molecular flexibility index (Phi) is 13.8. The molecule has 0 bridgehead atoms. The molecule has 2 aromatic carbocycles. The van der Waals surface area contributed by atoms with Crippen molar-refractivity contribution in [2.45, 2.75) is 96.0 Å². The predicted molar refractivity (Wildman–Crippen MR) is 154 cm³/mol. The second kappa shape index (κ2) is 16.3. The van der Waals surface area contributed by atoms with E-state index in [2.05, 4.69) is 18.2 Å². The fraction of sp³-hybridized carbons (Fsp3) is 0.613. The molecular formula is C31H49O4P. The Morgan fingerprint density at radius 2 is 1.44 bits per heavy atom. The molecule has 5 rings (SSSR count). The van der Waals surface area contributed by atoms with E-state index in [0.717, 1.165) is 42.5 Å². The summed E-state index contributed by atoms with van der Waals surface area (Å²) in [6.07, 6.45) is 14.6. The van der Waals surface area contributed by atoms with Gasteiger partial charge in [0, 0.05) is 8.15 Å². The zero-order valence-corrected chi connectivity index (χ0v) is 24.2. The SMILES string of the molecule is C1CC1.CC.COc1ccc(C2(O)CC2)c(C2CCCCC2)c1.COc1cccc(CCP(C)O)c1. The van der Waals surface area contributed by atoms with Crippen LogP contribution in [0.2, 0.25) is 0 Å². The molecule has 36 heavy (non-hydrogen) atoms. The molecule has 202 valence electrons. The number of rotatable bonds is 7. The first-order valence-corrected chi connectivity index (χ1v) is 15.8. The first-order chi connectivity index (χ1) is 17.4. The van der Waals surface area contributed by atoms with Gasteiger partial charge in [0.05, 0.1) is 19.8 Å². The summed E-state index contributed by atoms with van der Waals surface area (Å²) in [4.78, 5) is 9.17. The molecule has 0 aliphatic heterocycles. The van der Waals surface area contributed by atoms with Crippen LogP contribution in [0.25, 0.3) is 0 Å².